The highest BCUT2D eigenvalue weighted by molar-refractivity contribution is 7.99. The van der Waals surface area contributed by atoms with Crippen LogP contribution in [0.5, 0.6) is 0 Å². The highest BCUT2D eigenvalue weighted by atomic mass is 32.2. The number of ether oxygens (including phenoxy) is 1. The number of carbonyl (C=O) groups excluding carboxylic acids is 3. The Morgan fingerprint density at radius 3 is 2.45 bits per heavy atom. The summed E-state index contributed by atoms with van der Waals surface area (Å²) >= 11 is 1.48. The van der Waals surface area contributed by atoms with Crippen LogP contribution in [0, 0.1) is 27.7 Å². The van der Waals surface area contributed by atoms with Gasteiger partial charge in [0.1, 0.15) is 11.3 Å². The number of anilines is 1. The maximum atomic E-state index is 12.6. The van der Waals surface area contributed by atoms with Gasteiger partial charge in [0, 0.05) is 17.6 Å². The Kier molecular flexibility index (Phi) is 7.58. The van der Waals surface area contributed by atoms with E-state index in [4.69, 9.17) is 14.1 Å². The summed E-state index contributed by atoms with van der Waals surface area (Å²) in [5.74, 6) is -0.679. The van der Waals surface area contributed by atoms with Gasteiger partial charge in [-0.2, -0.15) is 0 Å². The first kappa shape index (κ1) is 24.5. The molecule has 33 heavy (non-hydrogen) atoms. The average Bonchev–Trinajstić information content (AvgIpc) is 3.05. The maximum absolute atomic E-state index is 12.6. The lowest BCUT2D eigenvalue weighted by molar-refractivity contribution is -0.115. The van der Waals surface area contributed by atoms with Gasteiger partial charge < -0.3 is 9.15 Å². The number of benzene rings is 1. The number of aryl methyl sites for hydroxylation is 4. The predicted molar refractivity (Wildman–Crippen MR) is 129 cm³/mol. The van der Waals surface area contributed by atoms with E-state index >= 15 is 0 Å². The van der Waals surface area contributed by atoms with Gasteiger partial charge in [-0.25, -0.2) is 9.78 Å². The zero-order chi connectivity index (χ0) is 24.3. The van der Waals surface area contributed by atoms with Crippen molar-refractivity contribution < 1.29 is 23.5 Å². The maximum Gasteiger partial charge on any atom is 0.344 e. The number of hydrogen-bond acceptors (Lipinski definition) is 7. The van der Waals surface area contributed by atoms with Gasteiger partial charge >= 0.3 is 5.97 Å². The molecule has 174 valence electrons. The lowest BCUT2D eigenvalue weighted by Crippen LogP contribution is -2.16. The van der Waals surface area contributed by atoms with Gasteiger partial charge in [0.2, 0.25) is 11.8 Å². The SMILES string of the molecule is CCOC(=O)c1c(NC(=O)CCSc2cc(C)c3cc(C)cc(C)c3n2)oc(C)c1C(C)=O. The summed E-state index contributed by atoms with van der Waals surface area (Å²) in [5.41, 5.74) is 4.51. The van der Waals surface area contributed by atoms with Gasteiger partial charge in [0.05, 0.1) is 22.7 Å². The van der Waals surface area contributed by atoms with Crippen molar-refractivity contribution in [2.45, 2.75) is 53.0 Å². The molecule has 0 saturated carbocycles. The summed E-state index contributed by atoms with van der Waals surface area (Å²) in [6.45, 7) is 10.9. The normalized spacial score (nSPS) is 11.0. The van der Waals surface area contributed by atoms with Crippen LogP contribution < -0.4 is 5.32 Å². The van der Waals surface area contributed by atoms with Crippen molar-refractivity contribution in [2.24, 2.45) is 0 Å². The molecule has 1 N–H and O–H groups in total. The zero-order valence-electron chi connectivity index (χ0n) is 19.8. The Hall–Kier alpha value is -3.13. The van der Waals surface area contributed by atoms with Crippen LogP contribution in [-0.2, 0) is 9.53 Å². The Morgan fingerprint density at radius 2 is 1.79 bits per heavy atom. The number of nitrogens with one attached hydrogen (secondary N) is 1. The van der Waals surface area contributed by atoms with E-state index in [0.29, 0.717) is 5.75 Å². The lowest BCUT2D eigenvalue weighted by atomic mass is 10.0. The number of esters is 1. The van der Waals surface area contributed by atoms with Crippen LogP contribution in [-0.4, -0.2) is 35.0 Å². The van der Waals surface area contributed by atoms with Crippen LogP contribution >= 0.6 is 11.8 Å². The van der Waals surface area contributed by atoms with Crippen molar-refractivity contribution in [3.63, 3.8) is 0 Å². The van der Waals surface area contributed by atoms with Crippen molar-refractivity contribution in [2.75, 3.05) is 17.7 Å². The van der Waals surface area contributed by atoms with Gasteiger partial charge in [0.15, 0.2) is 5.78 Å². The minimum absolute atomic E-state index is 0.0413. The molecule has 0 aliphatic carbocycles. The molecule has 8 heteroatoms. The molecule has 0 aliphatic heterocycles. The van der Waals surface area contributed by atoms with Crippen LogP contribution in [0.3, 0.4) is 0 Å². The number of thioether (sulfide) groups is 1. The van der Waals surface area contributed by atoms with Crippen LogP contribution in [0.1, 0.15) is 63.4 Å². The first-order valence-corrected chi connectivity index (χ1v) is 11.7. The lowest BCUT2D eigenvalue weighted by Gasteiger charge is -2.10. The monoisotopic (exact) mass is 468 g/mol. The summed E-state index contributed by atoms with van der Waals surface area (Å²) in [7, 11) is 0. The van der Waals surface area contributed by atoms with Gasteiger partial charge in [-0.05, 0) is 64.8 Å². The topological polar surface area (TPSA) is 98.5 Å². The van der Waals surface area contributed by atoms with E-state index in [2.05, 4.69) is 31.3 Å². The van der Waals surface area contributed by atoms with Crippen molar-refractivity contribution in [3.05, 3.63) is 51.8 Å². The summed E-state index contributed by atoms with van der Waals surface area (Å²) in [4.78, 5) is 41.7. The number of fused-ring (bicyclic) bond motifs is 1. The molecule has 3 aromatic rings. The minimum Gasteiger partial charge on any atom is -0.462 e. The quantitative estimate of drug-likeness (QED) is 0.262. The minimum atomic E-state index is -0.703. The second kappa shape index (κ2) is 10.2. The standard InChI is InChI=1S/C25H28N2O5S/c1-7-31-25(30)22-21(16(5)28)17(6)32-24(22)26-19(29)8-9-33-20-12-14(3)18-11-13(2)10-15(4)23(18)27-20/h10-12H,7-9H2,1-6H3,(H,26,29). The molecule has 1 amide bonds. The van der Waals surface area contributed by atoms with Gasteiger partial charge in [0.25, 0.3) is 0 Å². The molecule has 0 radical (unpaired) electrons. The number of pyridine rings is 1. The molecule has 7 nitrogen and oxygen atoms in total. The summed E-state index contributed by atoms with van der Waals surface area (Å²) in [6.07, 6.45) is 0.174. The number of Topliss-reactive ketones (excluding diaryl/α,β-unsaturated/α-hetero) is 1. The number of ketones is 1. The van der Waals surface area contributed by atoms with Crippen LogP contribution in [0.25, 0.3) is 10.9 Å². The smallest absolute Gasteiger partial charge is 0.344 e. The molecule has 0 bridgehead atoms. The predicted octanol–water partition coefficient (Wildman–Crippen LogP) is 5.56. The first-order valence-electron chi connectivity index (χ1n) is 10.7. The molecule has 0 fully saturated rings. The highest BCUT2D eigenvalue weighted by Crippen LogP contribution is 2.30. The van der Waals surface area contributed by atoms with E-state index in [1.54, 1.807) is 13.8 Å². The average molecular weight is 469 g/mol. The van der Waals surface area contributed by atoms with E-state index in [9.17, 15) is 14.4 Å². The molecule has 0 aliphatic rings. The second-order valence-corrected chi connectivity index (χ2v) is 9.03. The molecular formula is C25H28N2O5S. The van der Waals surface area contributed by atoms with Gasteiger partial charge in [-0.15, -0.1) is 11.8 Å². The Labute approximate surface area is 197 Å². The van der Waals surface area contributed by atoms with E-state index in [1.165, 1.54) is 24.2 Å². The van der Waals surface area contributed by atoms with Crippen LogP contribution in [0.15, 0.2) is 27.6 Å². The zero-order valence-corrected chi connectivity index (χ0v) is 20.6. The van der Waals surface area contributed by atoms with Gasteiger partial charge in [-0.3, -0.25) is 14.9 Å². The van der Waals surface area contributed by atoms with Crippen molar-refractivity contribution >= 4 is 46.2 Å². The molecular weight excluding hydrogens is 440 g/mol. The number of nitrogens with zero attached hydrogens (tertiary/aromatic N) is 1. The third-order valence-corrected chi connectivity index (χ3v) is 6.09. The van der Waals surface area contributed by atoms with Crippen molar-refractivity contribution in [3.8, 4) is 0 Å². The highest BCUT2D eigenvalue weighted by Gasteiger charge is 2.28. The van der Waals surface area contributed by atoms with Gasteiger partial charge in [-0.1, -0.05) is 11.6 Å². The number of hydrogen-bond donors (Lipinski definition) is 1. The molecule has 0 saturated heterocycles. The molecule has 2 heterocycles. The van der Waals surface area contributed by atoms with Crippen molar-refractivity contribution in [1.29, 1.82) is 0 Å². The molecule has 3 rings (SSSR count). The van der Waals surface area contributed by atoms with E-state index in [-0.39, 0.29) is 47.5 Å². The fourth-order valence-electron chi connectivity index (χ4n) is 3.78. The van der Waals surface area contributed by atoms with Crippen LogP contribution in [0.4, 0.5) is 5.88 Å². The molecule has 2 aromatic heterocycles. The number of furan rings is 1. The largest absolute Gasteiger partial charge is 0.462 e. The third-order valence-electron chi connectivity index (χ3n) is 5.18. The Bertz CT molecular complexity index is 1250. The molecule has 1 aromatic carbocycles. The molecule has 0 atom stereocenters. The number of carbonyl (C=O) groups is 3. The number of rotatable bonds is 8. The first-order chi connectivity index (χ1) is 15.6. The second-order valence-electron chi connectivity index (χ2n) is 7.92. The molecule has 0 spiro atoms. The summed E-state index contributed by atoms with van der Waals surface area (Å²) < 4.78 is 10.6. The molecule has 0 unspecified atom stereocenters. The summed E-state index contributed by atoms with van der Waals surface area (Å²) in [5, 5.41) is 4.60. The van der Waals surface area contributed by atoms with E-state index in [1.807, 2.05) is 13.0 Å². The van der Waals surface area contributed by atoms with E-state index in [0.717, 1.165) is 27.1 Å². The number of amides is 1. The Morgan fingerprint density at radius 1 is 1.06 bits per heavy atom. The number of aromatic nitrogens is 1. The fraction of sp³-hybridized carbons (Fsp3) is 0.360. The van der Waals surface area contributed by atoms with Crippen molar-refractivity contribution in [1.82, 2.24) is 4.98 Å². The Balaban J connectivity index is 1.71. The van der Waals surface area contributed by atoms with Crippen LogP contribution in [0.2, 0.25) is 0 Å². The third kappa shape index (κ3) is 5.45. The fourth-order valence-corrected chi connectivity index (χ4v) is 4.69. The van der Waals surface area contributed by atoms with E-state index < -0.39 is 5.97 Å². The summed E-state index contributed by atoms with van der Waals surface area (Å²) in [6, 6.07) is 6.27.